The van der Waals surface area contributed by atoms with Crippen molar-refractivity contribution >= 4 is 11.0 Å². The molecule has 0 radical (unpaired) electrons. The molecule has 0 aliphatic heterocycles. The summed E-state index contributed by atoms with van der Waals surface area (Å²) in [7, 11) is 6.08. The largest absolute Gasteiger partial charge is 0.493 e. The number of aromatic nitrogens is 3. The van der Waals surface area contributed by atoms with Gasteiger partial charge in [0.2, 0.25) is 5.75 Å². The molecule has 188 valence electrons. The Balaban J connectivity index is 1.97. The highest BCUT2D eigenvalue weighted by molar-refractivity contribution is 5.82. The van der Waals surface area contributed by atoms with Gasteiger partial charge in [0.25, 0.3) is 0 Å². The maximum Gasteiger partial charge on any atom is 0.334 e. The highest BCUT2D eigenvalue weighted by Crippen LogP contribution is 2.40. The third-order valence-electron chi connectivity index (χ3n) is 5.74. The molecule has 2 heterocycles. The summed E-state index contributed by atoms with van der Waals surface area (Å²) in [6, 6.07) is 10.6. The monoisotopic (exact) mass is 499 g/mol. The van der Waals surface area contributed by atoms with E-state index in [-0.39, 0.29) is 18.8 Å². The Morgan fingerprint density at radius 3 is 2.14 bits per heavy atom. The Bertz CT molecular complexity index is 1580. The number of benzene rings is 2. The van der Waals surface area contributed by atoms with Crippen LogP contribution in [0.15, 0.2) is 47.4 Å². The van der Waals surface area contributed by atoms with Crippen LogP contribution in [0.25, 0.3) is 28.0 Å². The van der Waals surface area contributed by atoms with Crippen molar-refractivity contribution in [3.63, 3.8) is 0 Å². The van der Waals surface area contributed by atoms with E-state index in [0.29, 0.717) is 51.2 Å². The second-order valence-corrected chi connectivity index (χ2v) is 7.71. The van der Waals surface area contributed by atoms with Crippen LogP contribution in [0.4, 0.5) is 0 Å². The average molecular weight is 500 g/mol. The maximum absolute atomic E-state index is 13.6. The molecule has 0 unspecified atom stereocenters. The first-order chi connectivity index (χ1) is 18.0. The van der Waals surface area contributed by atoms with Crippen molar-refractivity contribution in [2.24, 2.45) is 0 Å². The Labute approximate surface area is 214 Å². The van der Waals surface area contributed by atoms with Gasteiger partial charge in [0.05, 0.1) is 63.6 Å². The molecular formula is C28H25N3O6. The number of imidazole rings is 1. The van der Waals surface area contributed by atoms with Crippen LogP contribution in [0.5, 0.6) is 28.7 Å². The van der Waals surface area contributed by atoms with Gasteiger partial charge in [-0.15, -0.1) is 12.8 Å². The molecule has 0 aliphatic carbocycles. The maximum atomic E-state index is 13.6. The number of rotatable bonds is 9. The summed E-state index contributed by atoms with van der Waals surface area (Å²) in [5.74, 6) is 7.22. The Morgan fingerprint density at radius 1 is 0.838 bits per heavy atom. The van der Waals surface area contributed by atoms with Gasteiger partial charge in [0, 0.05) is 17.7 Å². The van der Waals surface area contributed by atoms with Gasteiger partial charge in [-0.3, -0.25) is 14.1 Å². The van der Waals surface area contributed by atoms with E-state index in [0.717, 1.165) is 5.56 Å². The summed E-state index contributed by atoms with van der Waals surface area (Å²) < 4.78 is 30.4. The van der Waals surface area contributed by atoms with E-state index in [2.05, 4.69) is 16.8 Å². The number of ether oxygens (including phenoxy) is 5. The molecule has 0 atom stereocenters. The summed E-state index contributed by atoms with van der Waals surface area (Å²) in [4.78, 5) is 18.2. The van der Waals surface area contributed by atoms with Crippen molar-refractivity contribution in [2.75, 3.05) is 35.0 Å². The van der Waals surface area contributed by atoms with Crippen molar-refractivity contribution in [3.05, 3.63) is 53.1 Å². The second-order valence-electron chi connectivity index (χ2n) is 7.71. The Kier molecular flexibility index (Phi) is 7.26. The van der Waals surface area contributed by atoms with E-state index in [1.54, 1.807) is 43.6 Å². The molecule has 2 aromatic carbocycles. The molecule has 0 bridgehead atoms. The van der Waals surface area contributed by atoms with Crippen LogP contribution >= 0.6 is 0 Å². The fraction of sp³-hybridized carbons (Fsp3) is 0.214. The average Bonchev–Trinajstić information content (AvgIpc) is 3.21. The molecule has 0 saturated carbocycles. The fourth-order valence-corrected chi connectivity index (χ4v) is 4.07. The first-order valence-corrected chi connectivity index (χ1v) is 11.1. The summed E-state index contributed by atoms with van der Waals surface area (Å²) in [6.07, 6.45) is 12.5. The van der Waals surface area contributed by atoms with Gasteiger partial charge >= 0.3 is 5.69 Å². The van der Waals surface area contributed by atoms with Crippen LogP contribution in [0, 0.1) is 24.7 Å². The highest BCUT2D eigenvalue weighted by atomic mass is 16.5. The van der Waals surface area contributed by atoms with Gasteiger partial charge < -0.3 is 23.7 Å². The summed E-state index contributed by atoms with van der Waals surface area (Å²) in [6.45, 7) is 0.155. The molecule has 0 amide bonds. The molecular weight excluding hydrogens is 474 g/mol. The van der Waals surface area contributed by atoms with E-state index < -0.39 is 0 Å². The third-order valence-corrected chi connectivity index (χ3v) is 5.74. The lowest BCUT2D eigenvalue weighted by Gasteiger charge is -2.14. The van der Waals surface area contributed by atoms with Crippen LogP contribution < -0.4 is 29.4 Å². The minimum atomic E-state index is -0.339. The zero-order chi connectivity index (χ0) is 26.5. The van der Waals surface area contributed by atoms with E-state index >= 15 is 0 Å². The predicted molar refractivity (Wildman–Crippen MR) is 140 cm³/mol. The van der Waals surface area contributed by atoms with Crippen molar-refractivity contribution in [1.82, 2.24) is 14.1 Å². The molecule has 0 fully saturated rings. The summed E-state index contributed by atoms with van der Waals surface area (Å²) >= 11 is 0. The third kappa shape index (κ3) is 4.51. The number of methoxy groups -OCH3 is 4. The normalized spacial score (nSPS) is 10.4. The topological polar surface area (TPSA) is 86.0 Å². The molecule has 9 nitrogen and oxygen atoms in total. The van der Waals surface area contributed by atoms with Gasteiger partial charge in [0.15, 0.2) is 23.0 Å². The van der Waals surface area contributed by atoms with Crippen molar-refractivity contribution in [2.45, 2.75) is 6.54 Å². The van der Waals surface area contributed by atoms with Crippen LogP contribution in [0.1, 0.15) is 0 Å². The number of hydrogen-bond donors (Lipinski definition) is 0. The van der Waals surface area contributed by atoms with Crippen LogP contribution in [0.2, 0.25) is 0 Å². The number of hydrogen-bond acceptors (Lipinski definition) is 7. The lowest BCUT2D eigenvalue weighted by Crippen LogP contribution is -2.23. The van der Waals surface area contributed by atoms with E-state index in [9.17, 15) is 4.79 Å². The molecule has 0 N–H and O–H groups in total. The zero-order valence-electron chi connectivity index (χ0n) is 20.9. The van der Waals surface area contributed by atoms with Crippen LogP contribution in [0.3, 0.4) is 0 Å². The zero-order valence-corrected chi connectivity index (χ0v) is 20.9. The van der Waals surface area contributed by atoms with E-state index in [4.69, 9.17) is 36.5 Å². The summed E-state index contributed by atoms with van der Waals surface area (Å²) in [5, 5.41) is 0. The fourth-order valence-electron chi connectivity index (χ4n) is 4.07. The number of pyridine rings is 1. The number of terminal acetylenes is 2. The van der Waals surface area contributed by atoms with Crippen molar-refractivity contribution in [1.29, 1.82) is 0 Å². The lowest BCUT2D eigenvalue weighted by molar-refractivity contribution is 0.324. The molecule has 0 aliphatic rings. The molecule has 4 rings (SSSR count). The first-order valence-electron chi connectivity index (χ1n) is 11.1. The number of nitrogens with zero attached hydrogens (tertiary/aromatic N) is 3. The first kappa shape index (κ1) is 25.1. The smallest absolute Gasteiger partial charge is 0.334 e. The predicted octanol–water partition coefficient (Wildman–Crippen LogP) is 3.53. The molecule has 9 heteroatoms. The highest BCUT2D eigenvalue weighted by Gasteiger charge is 2.20. The second kappa shape index (κ2) is 10.7. The molecule has 37 heavy (non-hydrogen) atoms. The van der Waals surface area contributed by atoms with Crippen molar-refractivity contribution in [3.8, 4) is 70.4 Å². The molecule has 0 saturated heterocycles. The van der Waals surface area contributed by atoms with Gasteiger partial charge in [-0.05, 0) is 24.3 Å². The SMILES string of the molecule is C#CCOc1cc(-c2cc3c(cn2)n(CC#C)c(=O)n3-c2cc(OC)c(OC)c(OC)c2)ccc1OC. The quantitative estimate of drug-likeness (QED) is 0.326. The minimum Gasteiger partial charge on any atom is -0.493 e. The standard InChI is InChI=1S/C28H25N3O6/c1-7-11-30-22-17-29-20(18-9-10-23(33-3)24(13-18)37-12-8-2)16-21(22)31(28(30)32)19-14-25(34-4)27(36-6)26(15-19)35-5/h1-2,9-10,13-17H,11-12H2,3-6H3. The Hall–Kier alpha value is -5.02. The van der Waals surface area contributed by atoms with Gasteiger partial charge in [-0.25, -0.2) is 4.79 Å². The van der Waals surface area contributed by atoms with E-state index in [1.807, 2.05) is 6.07 Å². The minimum absolute atomic E-state index is 0.0698. The van der Waals surface area contributed by atoms with Gasteiger partial charge in [-0.2, -0.15) is 0 Å². The van der Waals surface area contributed by atoms with Gasteiger partial charge in [-0.1, -0.05) is 11.8 Å². The number of fused-ring (bicyclic) bond motifs is 1. The van der Waals surface area contributed by atoms with Gasteiger partial charge in [0.1, 0.15) is 6.61 Å². The Morgan fingerprint density at radius 2 is 1.54 bits per heavy atom. The van der Waals surface area contributed by atoms with Crippen LogP contribution in [-0.2, 0) is 6.54 Å². The van der Waals surface area contributed by atoms with Crippen molar-refractivity contribution < 1.29 is 23.7 Å². The molecule has 4 aromatic rings. The van der Waals surface area contributed by atoms with Crippen LogP contribution in [-0.4, -0.2) is 49.2 Å². The molecule has 0 spiro atoms. The van der Waals surface area contributed by atoms with E-state index in [1.165, 1.54) is 30.5 Å². The summed E-state index contributed by atoms with van der Waals surface area (Å²) in [5.41, 5.74) is 2.65. The lowest BCUT2D eigenvalue weighted by atomic mass is 10.1. The molecule has 2 aromatic heterocycles.